The number of hydrogen-bond acceptors (Lipinski definition) is 5. The molecule has 0 N–H and O–H groups in total. The van der Waals surface area contributed by atoms with Crippen LogP contribution in [0.5, 0.6) is 11.5 Å². The molecule has 1 heterocycles. The minimum absolute atomic E-state index is 0.0729. The molecule has 1 atom stereocenters. The molecule has 1 amide bonds. The molecule has 138 valence electrons. The zero-order valence-corrected chi connectivity index (χ0v) is 15.2. The van der Waals surface area contributed by atoms with Crippen LogP contribution in [0.3, 0.4) is 0 Å². The Morgan fingerprint density at radius 3 is 2.64 bits per heavy atom. The molecular weight excluding hydrogens is 322 g/mol. The van der Waals surface area contributed by atoms with Crippen LogP contribution in [0.25, 0.3) is 0 Å². The number of rotatable bonds is 7. The lowest BCUT2D eigenvalue weighted by atomic mass is 9.97. The van der Waals surface area contributed by atoms with Crippen molar-refractivity contribution in [2.45, 2.75) is 32.6 Å². The Morgan fingerprint density at radius 2 is 1.96 bits per heavy atom. The van der Waals surface area contributed by atoms with E-state index < -0.39 is 0 Å². The highest BCUT2D eigenvalue weighted by atomic mass is 16.5. The summed E-state index contributed by atoms with van der Waals surface area (Å²) < 4.78 is 15.6. The first-order chi connectivity index (χ1) is 12.1. The fourth-order valence-electron chi connectivity index (χ4n) is 3.10. The van der Waals surface area contributed by atoms with Crippen molar-refractivity contribution in [3.63, 3.8) is 0 Å². The third-order valence-electron chi connectivity index (χ3n) is 4.47. The lowest BCUT2D eigenvalue weighted by Crippen LogP contribution is -2.42. The minimum atomic E-state index is -0.196. The summed E-state index contributed by atoms with van der Waals surface area (Å²) >= 11 is 0. The molecule has 1 aromatic rings. The monoisotopic (exact) mass is 349 g/mol. The lowest BCUT2D eigenvalue weighted by Gasteiger charge is -2.31. The Labute approximate surface area is 149 Å². The molecule has 6 heteroatoms. The van der Waals surface area contributed by atoms with E-state index >= 15 is 0 Å². The molecule has 0 saturated carbocycles. The first kappa shape index (κ1) is 19.1. The van der Waals surface area contributed by atoms with Crippen LogP contribution in [0.15, 0.2) is 18.2 Å². The van der Waals surface area contributed by atoms with Crippen LogP contribution < -0.4 is 9.47 Å². The molecule has 2 rings (SSSR count). The first-order valence-electron chi connectivity index (χ1n) is 8.74. The largest absolute Gasteiger partial charge is 0.493 e. The highest BCUT2D eigenvalue weighted by Gasteiger charge is 2.29. The topological polar surface area (TPSA) is 65.1 Å². The number of aryl methyl sites for hydroxylation is 1. The molecule has 0 radical (unpaired) electrons. The SMILES string of the molecule is CCOC(=O)[C@@H]1CCCN(C(=O)CCc2ccc(OC)c(OC)c2)C1. The summed E-state index contributed by atoms with van der Waals surface area (Å²) in [6.45, 7) is 3.35. The normalized spacial score (nSPS) is 17.1. The maximum atomic E-state index is 12.5. The molecule has 25 heavy (non-hydrogen) atoms. The Bertz CT molecular complexity index is 601. The second-order valence-electron chi connectivity index (χ2n) is 6.12. The van der Waals surface area contributed by atoms with E-state index in [0.717, 1.165) is 18.4 Å². The third kappa shape index (κ3) is 5.11. The second kappa shape index (κ2) is 9.30. The van der Waals surface area contributed by atoms with Crippen LogP contribution in [0.4, 0.5) is 0 Å². The Balaban J connectivity index is 1.90. The first-order valence-corrected chi connectivity index (χ1v) is 8.74. The molecule has 0 unspecified atom stereocenters. The summed E-state index contributed by atoms with van der Waals surface area (Å²) in [5.41, 5.74) is 1.02. The summed E-state index contributed by atoms with van der Waals surface area (Å²) in [7, 11) is 3.19. The van der Waals surface area contributed by atoms with Gasteiger partial charge >= 0.3 is 5.97 Å². The molecule has 6 nitrogen and oxygen atoms in total. The summed E-state index contributed by atoms with van der Waals surface area (Å²) in [4.78, 5) is 26.2. The van der Waals surface area contributed by atoms with E-state index in [9.17, 15) is 9.59 Å². The molecule has 0 spiro atoms. The van der Waals surface area contributed by atoms with Gasteiger partial charge in [0.25, 0.3) is 0 Å². The molecular formula is C19H27NO5. The molecule has 0 aliphatic carbocycles. The van der Waals surface area contributed by atoms with Crippen molar-refractivity contribution in [1.29, 1.82) is 0 Å². The number of likely N-dealkylation sites (tertiary alicyclic amines) is 1. The zero-order valence-electron chi connectivity index (χ0n) is 15.2. The molecule has 1 aliphatic heterocycles. The van der Waals surface area contributed by atoms with Gasteiger partial charge in [-0.2, -0.15) is 0 Å². The van der Waals surface area contributed by atoms with Crippen molar-refractivity contribution in [1.82, 2.24) is 4.90 Å². The van der Waals surface area contributed by atoms with Gasteiger partial charge in [-0.15, -0.1) is 0 Å². The van der Waals surface area contributed by atoms with Gasteiger partial charge in [0.2, 0.25) is 5.91 Å². The van der Waals surface area contributed by atoms with Crippen LogP contribution in [0.1, 0.15) is 31.7 Å². The van der Waals surface area contributed by atoms with Crippen molar-refractivity contribution >= 4 is 11.9 Å². The number of carbonyl (C=O) groups is 2. The van der Waals surface area contributed by atoms with Crippen molar-refractivity contribution < 1.29 is 23.8 Å². The maximum Gasteiger partial charge on any atom is 0.310 e. The molecule has 0 bridgehead atoms. The van der Waals surface area contributed by atoms with Gasteiger partial charge in [-0.25, -0.2) is 0 Å². The van der Waals surface area contributed by atoms with E-state index in [1.807, 2.05) is 18.2 Å². The van der Waals surface area contributed by atoms with Crippen molar-refractivity contribution in [3.8, 4) is 11.5 Å². The average Bonchev–Trinajstić information content (AvgIpc) is 2.66. The van der Waals surface area contributed by atoms with Crippen LogP contribution in [-0.4, -0.2) is 50.7 Å². The second-order valence-corrected chi connectivity index (χ2v) is 6.12. The van der Waals surface area contributed by atoms with Crippen LogP contribution in [0, 0.1) is 5.92 Å². The Kier molecular flexibility index (Phi) is 7.10. The van der Waals surface area contributed by atoms with E-state index in [1.54, 1.807) is 26.0 Å². The lowest BCUT2D eigenvalue weighted by molar-refractivity contribution is -0.151. The fourth-order valence-corrected chi connectivity index (χ4v) is 3.10. The Morgan fingerprint density at radius 1 is 1.20 bits per heavy atom. The molecule has 1 aliphatic rings. The van der Waals surface area contributed by atoms with E-state index in [2.05, 4.69) is 0 Å². The minimum Gasteiger partial charge on any atom is -0.493 e. The van der Waals surface area contributed by atoms with E-state index in [4.69, 9.17) is 14.2 Å². The van der Waals surface area contributed by atoms with E-state index in [-0.39, 0.29) is 17.8 Å². The van der Waals surface area contributed by atoms with Gasteiger partial charge in [-0.05, 0) is 43.9 Å². The summed E-state index contributed by atoms with van der Waals surface area (Å²) in [6, 6.07) is 5.67. The maximum absolute atomic E-state index is 12.5. The summed E-state index contributed by atoms with van der Waals surface area (Å²) in [5, 5.41) is 0. The van der Waals surface area contributed by atoms with Gasteiger partial charge in [0, 0.05) is 19.5 Å². The average molecular weight is 349 g/mol. The predicted molar refractivity (Wildman–Crippen MR) is 93.8 cm³/mol. The van der Waals surface area contributed by atoms with Crippen LogP contribution >= 0.6 is 0 Å². The molecule has 0 aromatic heterocycles. The van der Waals surface area contributed by atoms with E-state index in [1.165, 1.54) is 0 Å². The highest BCUT2D eigenvalue weighted by molar-refractivity contribution is 5.78. The number of benzene rings is 1. The van der Waals surface area contributed by atoms with Gasteiger partial charge in [-0.1, -0.05) is 6.07 Å². The standard InChI is InChI=1S/C19H27NO5/c1-4-25-19(22)15-6-5-11-20(13-15)18(21)10-8-14-7-9-16(23-2)17(12-14)24-3/h7,9,12,15H,4-6,8,10-11,13H2,1-3H3/t15-/m1/s1. The number of piperidine rings is 1. The van der Waals surface area contributed by atoms with Gasteiger partial charge in [0.1, 0.15) is 0 Å². The number of esters is 1. The molecule has 1 saturated heterocycles. The Hall–Kier alpha value is -2.24. The number of methoxy groups -OCH3 is 2. The van der Waals surface area contributed by atoms with Crippen molar-refractivity contribution in [3.05, 3.63) is 23.8 Å². The number of amides is 1. The molecule has 1 fully saturated rings. The zero-order chi connectivity index (χ0) is 18.2. The van der Waals surface area contributed by atoms with Gasteiger partial charge in [-0.3, -0.25) is 9.59 Å². The number of ether oxygens (including phenoxy) is 3. The van der Waals surface area contributed by atoms with Gasteiger partial charge in [0.15, 0.2) is 11.5 Å². The van der Waals surface area contributed by atoms with Crippen LogP contribution in [0.2, 0.25) is 0 Å². The number of carbonyl (C=O) groups excluding carboxylic acids is 2. The predicted octanol–water partition coefficient (Wildman–Crippen LogP) is 2.44. The summed E-state index contributed by atoms with van der Waals surface area (Å²) in [6.07, 6.45) is 2.66. The van der Waals surface area contributed by atoms with Crippen molar-refractivity contribution in [2.75, 3.05) is 33.9 Å². The quantitative estimate of drug-likeness (QED) is 0.708. The van der Waals surface area contributed by atoms with Crippen molar-refractivity contribution in [2.24, 2.45) is 5.92 Å². The number of nitrogens with zero attached hydrogens (tertiary/aromatic N) is 1. The smallest absolute Gasteiger partial charge is 0.310 e. The van der Waals surface area contributed by atoms with Gasteiger partial charge < -0.3 is 19.1 Å². The van der Waals surface area contributed by atoms with E-state index in [0.29, 0.717) is 44.0 Å². The fraction of sp³-hybridized carbons (Fsp3) is 0.579. The van der Waals surface area contributed by atoms with Crippen LogP contribution in [-0.2, 0) is 20.7 Å². The summed E-state index contributed by atoms with van der Waals surface area (Å²) in [5.74, 6) is 1.01. The van der Waals surface area contributed by atoms with Gasteiger partial charge in [0.05, 0.1) is 26.7 Å². The third-order valence-corrected chi connectivity index (χ3v) is 4.47. The number of hydrogen-bond donors (Lipinski definition) is 0. The molecule has 1 aromatic carbocycles. The highest BCUT2D eigenvalue weighted by Crippen LogP contribution is 2.28.